The number of hydrogen-bond donors (Lipinski definition) is 1. The van der Waals surface area contributed by atoms with E-state index in [1.165, 1.54) is 5.56 Å². The van der Waals surface area contributed by atoms with Crippen LogP contribution < -0.4 is 0 Å². The molecule has 1 aromatic rings. The molecule has 1 aliphatic rings. The monoisotopic (exact) mass is 303 g/mol. The van der Waals surface area contributed by atoms with Gasteiger partial charge in [0.05, 0.1) is 6.10 Å². The Kier molecular flexibility index (Phi) is 6.16. The van der Waals surface area contributed by atoms with Crippen molar-refractivity contribution in [3.05, 3.63) is 35.4 Å². The van der Waals surface area contributed by atoms with E-state index in [0.717, 1.165) is 44.5 Å². The lowest BCUT2D eigenvalue weighted by Crippen LogP contribution is -2.37. The molecule has 3 nitrogen and oxygen atoms in total. The van der Waals surface area contributed by atoms with Crippen molar-refractivity contribution in [2.75, 3.05) is 13.1 Å². The second-order valence-electron chi connectivity index (χ2n) is 7.06. The number of benzene rings is 1. The molecule has 0 unspecified atom stereocenters. The van der Waals surface area contributed by atoms with Crippen molar-refractivity contribution in [3.8, 4) is 0 Å². The quantitative estimate of drug-likeness (QED) is 0.818. The largest absolute Gasteiger partial charge is 0.393 e. The highest BCUT2D eigenvalue weighted by molar-refractivity contribution is 5.93. The van der Waals surface area contributed by atoms with Gasteiger partial charge in [-0.15, -0.1) is 0 Å². The van der Waals surface area contributed by atoms with Crippen LogP contribution in [-0.2, 0) is 6.54 Å². The first-order chi connectivity index (χ1) is 10.5. The van der Waals surface area contributed by atoms with E-state index < -0.39 is 0 Å². The lowest BCUT2D eigenvalue weighted by atomic mass is 9.87. The van der Waals surface area contributed by atoms with Gasteiger partial charge in [0.25, 0.3) is 0 Å². The smallest absolute Gasteiger partial charge is 0.159 e. The summed E-state index contributed by atoms with van der Waals surface area (Å²) in [6.45, 7) is 8.97. The number of likely N-dealkylation sites (tertiary alicyclic amines) is 1. The number of nitrogens with zero attached hydrogens (tertiary/aromatic N) is 1. The van der Waals surface area contributed by atoms with Gasteiger partial charge in [0.15, 0.2) is 5.78 Å². The molecule has 0 aromatic heterocycles. The molecule has 1 atom stereocenters. The second-order valence-corrected chi connectivity index (χ2v) is 7.06. The van der Waals surface area contributed by atoms with E-state index in [0.29, 0.717) is 11.8 Å². The summed E-state index contributed by atoms with van der Waals surface area (Å²) in [5.41, 5.74) is 2.03. The van der Waals surface area contributed by atoms with Crippen molar-refractivity contribution in [1.29, 1.82) is 0 Å². The fourth-order valence-corrected chi connectivity index (χ4v) is 3.27. The van der Waals surface area contributed by atoms with Gasteiger partial charge in [-0.05, 0) is 56.7 Å². The second kappa shape index (κ2) is 7.89. The molecule has 0 bridgehead atoms. The van der Waals surface area contributed by atoms with E-state index in [-0.39, 0.29) is 11.9 Å². The Bertz CT molecular complexity index is 473. The Labute approximate surface area is 134 Å². The summed E-state index contributed by atoms with van der Waals surface area (Å²) in [4.78, 5) is 13.7. The number of piperidine rings is 1. The minimum absolute atomic E-state index is 0.117. The zero-order valence-corrected chi connectivity index (χ0v) is 14.1. The molecule has 1 heterocycles. The average Bonchev–Trinajstić information content (AvgIpc) is 2.48. The van der Waals surface area contributed by atoms with Crippen LogP contribution >= 0.6 is 0 Å². The zero-order chi connectivity index (χ0) is 16.1. The summed E-state index contributed by atoms with van der Waals surface area (Å²) in [7, 11) is 0. The van der Waals surface area contributed by atoms with Crippen LogP contribution in [0.5, 0.6) is 0 Å². The number of aliphatic hydroxyl groups is 1. The number of Topliss-reactive ketones (excluding diaryl/α,β-unsaturated/α-hetero) is 1. The molecule has 3 heteroatoms. The fourth-order valence-electron chi connectivity index (χ4n) is 3.27. The van der Waals surface area contributed by atoms with Gasteiger partial charge in [0.2, 0.25) is 0 Å². The summed E-state index contributed by atoms with van der Waals surface area (Å²) in [6.07, 6.45) is 2.94. The van der Waals surface area contributed by atoms with Crippen LogP contribution in [0.2, 0.25) is 0 Å². The molecule has 2 rings (SSSR count). The Morgan fingerprint density at radius 1 is 1.23 bits per heavy atom. The third-order valence-electron chi connectivity index (χ3n) is 4.66. The number of aliphatic hydroxyl groups excluding tert-OH is 1. The lowest BCUT2D eigenvalue weighted by molar-refractivity contribution is 0.0436. The number of rotatable bonds is 6. The van der Waals surface area contributed by atoms with E-state index in [1.807, 2.05) is 12.1 Å². The molecule has 1 fully saturated rings. The molecular weight excluding hydrogens is 274 g/mol. The highest BCUT2D eigenvalue weighted by Gasteiger charge is 2.25. The molecular formula is C19H29NO2. The summed E-state index contributed by atoms with van der Waals surface area (Å²) in [5, 5.41) is 10.3. The SMILES string of the molecule is CC(=O)c1ccc(CN2CCC([C@@H](O)CC(C)C)CC2)cc1. The molecule has 0 saturated carbocycles. The molecule has 0 aliphatic carbocycles. The van der Waals surface area contributed by atoms with Gasteiger partial charge in [-0.1, -0.05) is 38.1 Å². The van der Waals surface area contributed by atoms with Gasteiger partial charge in [0, 0.05) is 12.1 Å². The summed E-state index contributed by atoms with van der Waals surface area (Å²) >= 11 is 0. The van der Waals surface area contributed by atoms with E-state index in [4.69, 9.17) is 0 Å². The van der Waals surface area contributed by atoms with E-state index >= 15 is 0 Å². The molecule has 0 radical (unpaired) electrons. The lowest BCUT2D eigenvalue weighted by Gasteiger charge is -2.34. The maximum Gasteiger partial charge on any atom is 0.159 e. The maximum absolute atomic E-state index is 11.3. The molecule has 1 aliphatic heterocycles. The van der Waals surface area contributed by atoms with Gasteiger partial charge >= 0.3 is 0 Å². The van der Waals surface area contributed by atoms with Crippen molar-refractivity contribution in [2.45, 2.75) is 52.7 Å². The molecule has 1 saturated heterocycles. The van der Waals surface area contributed by atoms with Crippen LogP contribution in [0.4, 0.5) is 0 Å². The predicted octanol–water partition coefficient (Wildman–Crippen LogP) is 3.51. The highest BCUT2D eigenvalue weighted by Crippen LogP contribution is 2.25. The Hall–Kier alpha value is -1.19. The first-order valence-corrected chi connectivity index (χ1v) is 8.46. The predicted molar refractivity (Wildman–Crippen MR) is 89.9 cm³/mol. The molecule has 22 heavy (non-hydrogen) atoms. The van der Waals surface area contributed by atoms with E-state index in [1.54, 1.807) is 6.92 Å². The summed E-state index contributed by atoms with van der Waals surface area (Å²) in [5.74, 6) is 1.14. The molecule has 0 spiro atoms. The van der Waals surface area contributed by atoms with E-state index in [9.17, 15) is 9.90 Å². The first kappa shape index (κ1) is 17.2. The zero-order valence-electron chi connectivity index (χ0n) is 14.1. The van der Waals surface area contributed by atoms with Gasteiger partial charge in [0.1, 0.15) is 0 Å². The molecule has 122 valence electrons. The third kappa shape index (κ3) is 4.92. The summed E-state index contributed by atoms with van der Waals surface area (Å²) in [6, 6.07) is 7.93. The average molecular weight is 303 g/mol. The fraction of sp³-hybridized carbons (Fsp3) is 0.632. The Balaban J connectivity index is 1.81. The van der Waals surface area contributed by atoms with Crippen LogP contribution in [0.15, 0.2) is 24.3 Å². The maximum atomic E-state index is 11.3. The Morgan fingerprint density at radius 3 is 2.32 bits per heavy atom. The van der Waals surface area contributed by atoms with Crippen LogP contribution in [-0.4, -0.2) is 35.0 Å². The van der Waals surface area contributed by atoms with Crippen molar-refractivity contribution in [1.82, 2.24) is 4.90 Å². The number of carbonyl (C=O) groups excluding carboxylic acids is 1. The van der Waals surface area contributed by atoms with Crippen molar-refractivity contribution >= 4 is 5.78 Å². The number of carbonyl (C=O) groups is 1. The number of hydrogen-bond acceptors (Lipinski definition) is 3. The van der Waals surface area contributed by atoms with Crippen LogP contribution in [0.3, 0.4) is 0 Å². The van der Waals surface area contributed by atoms with Crippen LogP contribution in [0.1, 0.15) is 56.0 Å². The highest BCUT2D eigenvalue weighted by atomic mass is 16.3. The molecule has 1 N–H and O–H groups in total. The minimum Gasteiger partial charge on any atom is -0.393 e. The molecule has 0 amide bonds. The van der Waals surface area contributed by atoms with Crippen molar-refractivity contribution < 1.29 is 9.90 Å². The van der Waals surface area contributed by atoms with Gasteiger partial charge in [-0.3, -0.25) is 9.69 Å². The first-order valence-electron chi connectivity index (χ1n) is 8.46. The van der Waals surface area contributed by atoms with Crippen LogP contribution in [0.25, 0.3) is 0 Å². The van der Waals surface area contributed by atoms with Crippen molar-refractivity contribution in [2.24, 2.45) is 11.8 Å². The van der Waals surface area contributed by atoms with Gasteiger partial charge in [-0.25, -0.2) is 0 Å². The minimum atomic E-state index is -0.142. The van der Waals surface area contributed by atoms with Gasteiger partial charge < -0.3 is 5.11 Å². The number of ketones is 1. The van der Waals surface area contributed by atoms with Crippen molar-refractivity contribution in [3.63, 3.8) is 0 Å². The summed E-state index contributed by atoms with van der Waals surface area (Å²) < 4.78 is 0. The standard InChI is InChI=1S/C19H29NO2/c1-14(2)12-19(22)18-8-10-20(11-9-18)13-16-4-6-17(7-5-16)15(3)21/h4-7,14,18-19,22H,8-13H2,1-3H3/t19-/m0/s1. The van der Waals surface area contributed by atoms with Gasteiger partial charge in [-0.2, -0.15) is 0 Å². The Morgan fingerprint density at radius 2 is 1.82 bits per heavy atom. The van der Waals surface area contributed by atoms with E-state index in [2.05, 4.69) is 30.9 Å². The normalized spacial score (nSPS) is 18.6. The third-order valence-corrected chi connectivity index (χ3v) is 4.66. The van der Waals surface area contributed by atoms with Crippen LogP contribution in [0, 0.1) is 11.8 Å². The topological polar surface area (TPSA) is 40.5 Å². The molecule has 1 aromatic carbocycles.